The molecule has 1 unspecified atom stereocenters. The molecular weight excluding hydrogens is 149 g/mol. The van der Waals surface area contributed by atoms with E-state index in [1.54, 1.807) is 0 Å². The molecule has 0 aromatic carbocycles. The zero-order valence-corrected chi connectivity index (χ0v) is 7.58. The highest BCUT2D eigenvalue weighted by Crippen LogP contribution is 2.53. The Hall–Kier alpha value is 0.350. The quantitative estimate of drug-likeness (QED) is 0.540. The molecule has 0 aromatic rings. The molecule has 0 saturated carbocycles. The minimum absolute atomic E-state index is 1.16. The van der Waals surface area contributed by atoms with Crippen LogP contribution in [0.25, 0.3) is 0 Å². The summed E-state index contributed by atoms with van der Waals surface area (Å²) in [5.41, 5.74) is 0. The summed E-state index contributed by atoms with van der Waals surface area (Å²) >= 11 is 5.44. The fourth-order valence-electron chi connectivity index (χ4n) is 0.907. The van der Waals surface area contributed by atoms with Gasteiger partial charge in [-0.3, -0.25) is 4.67 Å². The molecule has 1 rings (SSSR count). The van der Waals surface area contributed by atoms with Gasteiger partial charge < -0.3 is 0 Å². The van der Waals surface area contributed by atoms with Gasteiger partial charge in [0.2, 0.25) is 0 Å². The van der Waals surface area contributed by atoms with Gasteiger partial charge in [-0.15, -0.1) is 0 Å². The molecule has 1 aliphatic heterocycles. The molecule has 0 amide bonds. The molecule has 0 spiro atoms. The summed E-state index contributed by atoms with van der Waals surface area (Å²) in [4.78, 5) is 0. The van der Waals surface area contributed by atoms with Crippen LogP contribution in [0.1, 0.15) is 6.42 Å². The van der Waals surface area contributed by atoms with Gasteiger partial charge in [0, 0.05) is 6.19 Å². The molecule has 52 valence electrons. The Morgan fingerprint density at radius 3 is 2.44 bits per heavy atom. The minimum atomic E-state index is -1.16. The van der Waals surface area contributed by atoms with E-state index in [4.69, 9.17) is 11.8 Å². The molecule has 0 bridgehead atoms. The van der Waals surface area contributed by atoms with Gasteiger partial charge in [-0.25, -0.2) is 0 Å². The van der Waals surface area contributed by atoms with Crippen molar-refractivity contribution >= 4 is 18.0 Å². The highest BCUT2D eigenvalue weighted by molar-refractivity contribution is 8.15. The summed E-state index contributed by atoms with van der Waals surface area (Å²) in [6.45, 7) is 0. The summed E-state index contributed by atoms with van der Waals surface area (Å²) in [6, 6.07) is 0. The van der Waals surface area contributed by atoms with Gasteiger partial charge >= 0.3 is 0 Å². The van der Waals surface area contributed by atoms with E-state index < -0.39 is 6.19 Å². The standard InChI is InChI=1S/C6H12NPS/c1-7(2)8(9)5-3-4-6-8/h3,5H,4,6H2,1-2H3. The third-order valence-corrected chi connectivity index (χ3v) is 6.45. The van der Waals surface area contributed by atoms with Crippen LogP contribution in [0.15, 0.2) is 11.9 Å². The molecule has 0 saturated heterocycles. The van der Waals surface area contributed by atoms with Crippen molar-refractivity contribution in [2.75, 3.05) is 20.3 Å². The highest BCUT2D eigenvalue weighted by Gasteiger charge is 2.18. The zero-order valence-electron chi connectivity index (χ0n) is 5.87. The second-order valence-corrected chi connectivity index (χ2v) is 7.45. The number of allylic oxidation sites excluding steroid dienone is 1. The number of nitrogens with zero attached hydrogens (tertiary/aromatic N) is 1. The lowest BCUT2D eigenvalue weighted by atomic mass is 10.5. The molecule has 3 heteroatoms. The first-order valence-electron chi connectivity index (χ1n) is 3.09. The summed E-state index contributed by atoms with van der Waals surface area (Å²) < 4.78 is 2.20. The number of hydrogen-bond donors (Lipinski definition) is 0. The Bertz CT molecular complexity index is 174. The average Bonchev–Trinajstić information content (AvgIpc) is 2.16. The van der Waals surface area contributed by atoms with Gasteiger partial charge in [0.05, 0.1) is 0 Å². The highest BCUT2D eigenvalue weighted by atomic mass is 32.4. The molecule has 0 aliphatic carbocycles. The normalized spacial score (nSPS) is 34.1. The summed E-state index contributed by atoms with van der Waals surface area (Å²) in [6.07, 6.45) is 3.45. The second kappa shape index (κ2) is 2.53. The van der Waals surface area contributed by atoms with E-state index in [9.17, 15) is 0 Å². The van der Waals surface area contributed by atoms with E-state index >= 15 is 0 Å². The Labute approximate surface area is 61.8 Å². The third-order valence-electron chi connectivity index (χ3n) is 1.63. The van der Waals surface area contributed by atoms with E-state index in [-0.39, 0.29) is 0 Å². The van der Waals surface area contributed by atoms with Crippen molar-refractivity contribution in [1.82, 2.24) is 4.67 Å². The van der Waals surface area contributed by atoms with Crippen LogP contribution in [0.4, 0.5) is 0 Å². The van der Waals surface area contributed by atoms with Crippen molar-refractivity contribution in [3.05, 3.63) is 11.9 Å². The van der Waals surface area contributed by atoms with Gasteiger partial charge in [-0.05, 0) is 32.5 Å². The van der Waals surface area contributed by atoms with E-state index in [1.807, 2.05) is 0 Å². The van der Waals surface area contributed by atoms with E-state index in [1.165, 1.54) is 12.6 Å². The van der Waals surface area contributed by atoms with Crippen LogP contribution in [0.5, 0.6) is 0 Å². The average molecular weight is 161 g/mol. The first-order valence-corrected chi connectivity index (χ1v) is 6.10. The monoisotopic (exact) mass is 161 g/mol. The molecule has 0 radical (unpaired) electrons. The molecule has 0 N–H and O–H groups in total. The Kier molecular flexibility index (Phi) is 2.10. The second-order valence-electron chi connectivity index (χ2n) is 2.50. The van der Waals surface area contributed by atoms with Crippen molar-refractivity contribution < 1.29 is 0 Å². The Morgan fingerprint density at radius 2 is 2.22 bits per heavy atom. The van der Waals surface area contributed by atoms with Crippen LogP contribution in [0, 0.1) is 0 Å². The largest absolute Gasteiger partial charge is 0.278 e. The predicted octanol–water partition coefficient (Wildman–Crippen LogP) is 1.86. The molecule has 1 heterocycles. The van der Waals surface area contributed by atoms with Crippen molar-refractivity contribution in [2.24, 2.45) is 0 Å². The van der Waals surface area contributed by atoms with Gasteiger partial charge in [-0.2, -0.15) is 0 Å². The van der Waals surface area contributed by atoms with Crippen molar-refractivity contribution in [2.45, 2.75) is 6.42 Å². The predicted molar refractivity (Wildman–Crippen MR) is 46.6 cm³/mol. The van der Waals surface area contributed by atoms with Crippen LogP contribution in [0.3, 0.4) is 0 Å². The SMILES string of the molecule is CN(C)P1(=S)C=CCC1. The fraction of sp³-hybridized carbons (Fsp3) is 0.667. The van der Waals surface area contributed by atoms with Crippen LogP contribution in [-0.2, 0) is 11.8 Å². The van der Waals surface area contributed by atoms with Gasteiger partial charge in [0.1, 0.15) is 0 Å². The minimum Gasteiger partial charge on any atom is -0.278 e. The third kappa shape index (κ3) is 1.43. The fourth-order valence-corrected chi connectivity index (χ4v) is 3.29. The molecular formula is C6H12NPS. The maximum absolute atomic E-state index is 5.44. The lowest BCUT2D eigenvalue weighted by Crippen LogP contribution is -2.06. The Morgan fingerprint density at radius 1 is 1.56 bits per heavy atom. The number of rotatable bonds is 1. The Balaban J connectivity index is 2.75. The lowest BCUT2D eigenvalue weighted by molar-refractivity contribution is 0.681. The van der Waals surface area contributed by atoms with Gasteiger partial charge in [0.15, 0.2) is 0 Å². The van der Waals surface area contributed by atoms with Gasteiger partial charge in [0.25, 0.3) is 0 Å². The molecule has 1 nitrogen and oxygen atoms in total. The first-order chi connectivity index (χ1) is 4.15. The maximum atomic E-state index is 5.44. The van der Waals surface area contributed by atoms with Gasteiger partial charge in [-0.1, -0.05) is 17.9 Å². The molecule has 9 heavy (non-hydrogen) atoms. The molecule has 1 aliphatic rings. The zero-order chi connectivity index (χ0) is 6.91. The van der Waals surface area contributed by atoms with E-state index in [2.05, 4.69) is 30.7 Å². The summed E-state index contributed by atoms with van der Waals surface area (Å²) in [7, 11) is 4.16. The summed E-state index contributed by atoms with van der Waals surface area (Å²) in [5, 5.41) is 0. The topological polar surface area (TPSA) is 3.24 Å². The van der Waals surface area contributed by atoms with E-state index in [0.717, 1.165) is 0 Å². The van der Waals surface area contributed by atoms with Crippen LogP contribution < -0.4 is 0 Å². The molecule has 1 atom stereocenters. The smallest absolute Gasteiger partial charge is 0.0354 e. The maximum Gasteiger partial charge on any atom is 0.0354 e. The summed E-state index contributed by atoms with van der Waals surface area (Å²) in [5.74, 6) is 2.22. The lowest BCUT2D eigenvalue weighted by Gasteiger charge is -2.21. The van der Waals surface area contributed by atoms with E-state index in [0.29, 0.717) is 0 Å². The van der Waals surface area contributed by atoms with Crippen molar-refractivity contribution in [1.29, 1.82) is 0 Å². The van der Waals surface area contributed by atoms with Crippen molar-refractivity contribution in [3.8, 4) is 0 Å². The molecule has 0 aromatic heterocycles. The van der Waals surface area contributed by atoms with Crippen LogP contribution >= 0.6 is 6.19 Å². The van der Waals surface area contributed by atoms with Crippen LogP contribution in [0.2, 0.25) is 0 Å². The molecule has 0 fully saturated rings. The first kappa shape index (κ1) is 7.46. The number of hydrogen-bond acceptors (Lipinski definition) is 1. The van der Waals surface area contributed by atoms with Crippen LogP contribution in [-0.4, -0.2) is 24.9 Å². The van der Waals surface area contributed by atoms with Crippen molar-refractivity contribution in [3.63, 3.8) is 0 Å².